The fourth-order valence-corrected chi connectivity index (χ4v) is 5.02. The summed E-state index contributed by atoms with van der Waals surface area (Å²) in [5.74, 6) is 1.62. The standard InChI is InChI=1S/C19H38N2/c1-4-17-9-7-8-13-19(17,15-20)21(14-12-16(2)3)18-10-5-6-11-18/h16-18H,4-15,20H2,1-3H3. The first kappa shape index (κ1) is 17.3. The minimum Gasteiger partial charge on any atom is -0.329 e. The Morgan fingerprint density at radius 1 is 1.10 bits per heavy atom. The second kappa shape index (κ2) is 7.97. The van der Waals surface area contributed by atoms with E-state index in [0.29, 0.717) is 5.54 Å². The molecule has 2 unspecified atom stereocenters. The molecule has 0 aliphatic heterocycles. The minimum absolute atomic E-state index is 0.316. The van der Waals surface area contributed by atoms with Crippen molar-refractivity contribution in [2.75, 3.05) is 13.1 Å². The lowest BCUT2D eigenvalue weighted by molar-refractivity contribution is -0.0274. The van der Waals surface area contributed by atoms with E-state index in [1.807, 2.05) is 0 Å². The largest absolute Gasteiger partial charge is 0.329 e. The first-order valence-electron chi connectivity index (χ1n) is 9.61. The van der Waals surface area contributed by atoms with Gasteiger partial charge in [0.05, 0.1) is 0 Å². The molecule has 2 nitrogen and oxygen atoms in total. The molecule has 0 aromatic heterocycles. The van der Waals surface area contributed by atoms with E-state index in [9.17, 15) is 0 Å². The predicted octanol–water partition coefficient (Wildman–Crippen LogP) is 4.57. The van der Waals surface area contributed by atoms with Crippen molar-refractivity contribution in [3.63, 3.8) is 0 Å². The van der Waals surface area contributed by atoms with Crippen molar-refractivity contribution in [3.8, 4) is 0 Å². The lowest BCUT2D eigenvalue weighted by Crippen LogP contribution is -2.62. The van der Waals surface area contributed by atoms with Gasteiger partial charge in [-0.2, -0.15) is 0 Å². The highest BCUT2D eigenvalue weighted by Crippen LogP contribution is 2.43. The van der Waals surface area contributed by atoms with Crippen molar-refractivity contribution in [3.05, 3.63) is 0 Å². The van der Waals surface area contributed by atoms with E-state index in [1.165, 1.54) is 70.8 Å². The highest BCUT2D eigenvalue weighted by molar-refractivity contribution is 5.02. The molecular formula is C19H38N2. The zero-order valence-corrected chi connectivity index (χ0v) is 14.7. The fraction of sp³-hybridized carbons (Fsp3) is 1.00. The van der Waals surface area contributed by atoms with E-state index in [-0.39, 0.29) is 0 Å². The second-order valence-corrected chi connectivity index (χ2v) is 7.97. The van der Waals surface area contributed by atoms with Gasteiger partial charge in [-0.15, -0.1) is 0 Å². The van der Waals surface area contributed by atoms with Crippen molar-refractivity contribution in [2.45, 2.75) is 96.6 Å². The van der Waals surface area contributed by atoms with Crippen LogP contribution in [0.15, 0.2) is 0 Å². The molecule has 0 bridgehead atoms. The zero-order chi connectivity index (χ0) is 15.3. The maximum atomic E-state index is 6.44. The van der Waals surface area contributed by atoms with E-state index >= 15 is 0 Å². The van der Waals surface area contributed by atoms with Crippen molar-refractivity contribution in [2.24, 2.45) is 17.6 Å². The lowest BCUT2D eigenvalue weighted by atomic mass is 9.69. The van der Waals surface area contributed by atoms with Gasteiger partial charge in [0.25, 0.3) is 0 Å². The van der Waals surface area contributed by atoms with Gasteiger partial charge in [-0.1, -0.05) is 52.9 Å². The first-order chi connectivity index (χ1) is 10.1. The molecule has 0 aromatic rings. The van der Waals surface area contributed by atoms with E-state index in [4.69, 9.17) is 5.73 Å². The van der Waals surface area contributed by atoms with Gasteiger partial charge in [0.1, 0.15) is 0 Å². The summed E-state index contributed by atoms with van der Waals surface area (Å²) in [5, 5.41) is 0. The van der Waals surface area contributed by atoms with Crippen LogP contribution in [0.5, 0.6) is 0 Å². The molecule has 0 aromatic carbocycles. The summed E-state index contributed by atoms with van der Waals surface area (Å²) in [4.78, 5) is 2.92. The van der Waals surface area contributed by atoms with Crippen LogP contribution in [-0.4, -0.2) is 29.6 Å². The third-order valence-electron chi connectivity index (χ3n) is 6.30. The molecule has 0 heterocycles. The number of rotatable bonds is 7. The third-order valence-corrected chi connectivity index (χ3v) is 6.30. The topological polar surface area (TPSA) is 29.3 Å². The van der Waals surface area contributed by atoms with Crippen LogP contribution in [0.2, 0.25) is 0 Å². The van der Waals surface area contributed by atoms with Crippen LogP contribution in [0.4, 0.5) is 0 Å². The van der Waals surface area contributed by atoms with Gasteiger partial charge in [0, 0.05) is 18.1 Å². The van der Waals surface area contributed by atoms with Crippen LogP contribution in [-0.2, 0) is 0 Å². The summed E-state index contributed by atoms with van der Waals surface area (Å²) in [6.07, 6.45) is 13.9. The summed E-state index contributed by atoms with van der Waals surface area (Å²) >= 11 is 0. The van der Waals surface area contributed by atoms with E-state index in [2.05, 4.69) is 25.7 Å². The molecule has 2 fully saturated rings. The Balaban J connectivity index is 2.20. The van der Waals surface area contributed by atoms with Gasteiger partial charge in [-0.3, -0.25) is 4.90 Å². The van der Waals surface area contributed by atoms with Crippen LogP contribution in [0, 0.1) is 11.8 Å². The Morgan fingerprint density at radius 2 is 1.76 bits per heavy atom. The molecule has 0 amide bonds. The monoisotopic (exact) mass is 294 g/mol. The van der Waals surface area contributed by atoms with Gasteiger partial charge < -0.3 is 5.73 Å². The number of nitrogens with two attached hydrogens (primary N) is 1. The molecule has 2 heteroatoms. The molecule has 2 atom stereocenters. The molecule has 0 spiro atoms. The van der Waals surface area contributed by atoms with Gasteiger partial charge >= 0.3 is 0 Å². The SMILES string of the molecule is CCC1CCCCC1(CN)N(CCC(C)C)C1CCCC1. The summed E-state index contributed by atoms with van der Waals surface area (Å²) in [7, 11) is 0. The second-order valence-electron chi connectivity index (χ2n) is 7.97. The quantitative estimate of drug-likeness (QED) is 0.745. The minimum atomic E-state index is 0.316. The summed E-state index contributed by atoms with van der Waals surface area (Å²) < 4.78 is 0. The van der Waals surface area contributed by atoms with Crippen molar-refractivity contribution < 1.29 is 0 Å². The Hall–Kier alpha value is -0.0800. The smallest absolute Gasteiger partial charge is 0.0362 e. The van der Waals surface area contributed by atoms with E-state index in [0.717, 1.165) is 24.4 Å². The Kier molecular flexibility index (Phi) is 6.55. The van der Waals surface area contributed by atoms with Crippen molar-refractivity contribution >= 4 is 0 Å². The molecule has 2 aliphatic carbocycles. The fourth-order valence-electron chi connectivity index (χ4n) is 5.02. The summed E-state index contributed by atoms with van der Waals surface area (Å²) in [5.41, 5.74) is 6.75. The number of hydrogen-bond donors (Lipinski definition) is 1. The van der Waals surface area contributed by atoms with Gasteiger partial charge in [0.15, 0.2) is 0 Å². The normalized spacial score (nSPS) is 31.4. The maximum Gasteiger partial charge on any atom is 0.0362 e. The Labute approximate surface area is 132 Å². The van der Waals surface area contributed by atoms with Crippen LogP contribution >= 0.6 is 0 Å². The molecule has 2 saturated carbocycles. The van der Waals surface area contributed by atoms with Crippen LogP contribution in [0.1, 0.15) is 85.0 Å². The Morgan fingerprint density at radius 3 is 2.33 bits per heavy atom. The molecule has 21 heavy (non-hydrogen) atoms. The summed E-state index contributed by atoms with van der Waals surface area (Å²) in [6.45, 7) is 9.26. The third kappa shape index (κ3) is 3.82. The molecule has 2 aliphatic rings. The molecule has 2 N–H and O–H groups in total. The van der Waals surface area contributed by atoms with Gasteiger partial charge in [0.2, 0.25) is 0 Å². The van der Waals surface area contributed by atoms with Crippen LogP contribution in [0.3, 0.4) is 0 Å². The first-order valence-corrected chi connectivity index (χ1v) is 9.61. The van der Waals surface area contributed by atoms with Gasteiger partial charge in [-0.05, 0) is 50.5 Å². The van der Waals surface area contributed by atoms with E-state index in [1.54, 1.807) is 0 Å². The number of hydrogen-bond acceptors (Lipinski definition) is 2. The lowest BCUT2D eigenvalue weighted by Gasteiger charge is -2.54. The molecule has 124 valence electrons. The summed E-state index contributed by atoms with van der Waals surface area (Å²) in [6, 6.07) is 0.819. The predicted molar refractivity (Wildman–Crippen MR) is 92.5 cm³/mol. The van der Waals surface area contributed by atoms with Crippen molar-refractivity contribution in [1.82, 2.24) is 4.90 Å². The van der Waals surface area contributed by atoms with Crippen molar-refractivity contribution in [1.29, 1.82) is 0 Å². The Bertz CT molecular complexity index is 296. The molecule has 2 rings (SSSR count). The average Bonchev–Trinajstić information content (AvgIpc) is 3.01. The maximum absolute atomic E-state index is 6.44. The highest BCUT2D eigenvalue weighted by atomic mass is 15.2. The molecular weight excluding hydrogens is 256 g/mol. The highest BCUT2D eigenvalue weighted by Gasteiger charge is 2.46. The molecule has 0 radical (unpaired) electrons. The van der Waals surface area contributed by atoms with E-state index < -0.39 is 0 Å². The number of nitrogens with zero attached hydrogens (tertiary/aromatic N) is 1. The molecule has 0 saturated heterocycles. The average molecular weight is 295 g/mol. The zero-order valence-electron chi connectivity index (χ0n) is 14.7. The van der Waals surface area contributed by atoms with Crippen LogP contribution in [0.25, 0.3) is 0 Å². The van der Waals surface area contributed by atoms with Crippen LogP contribution < -0.4 is 5.73 Å². The van der Waals surface area contributed by atoms with Gasteiger partial charge in [-0.25, -0.2) is 0 Å².